The van der Waals surface area contributed by atoms with Crippen molar-refractivity contribution in [2.24, 2.45) is 0 Å². The van der Waals surface area contributed by atoms with E-state index in [0.717, 1.165) is 18.6 Å². The van der Waals surface area contributed by atoms with Gasteiger partial charge in [0.15, 0.2) is 0 Å². The maximum Gasteiger partial charge on any atom is 0.243 e. The van der Waals surface area contributed by atoms with Crippen LogP contribution in [0.5, 0.6) is 5.75 Å². The standard InChI is InChI=1S/C19H22F2N2O3S/c1-22(2)14-8-9-23(12-14)27(24,25)15-5-7-17(19(11-15)26-3)16-6-4-13(20)10-18(16)21/h4-7,10-11,14H,8-9,12H2,1-3H3. The molecule has 1 aliphatic heterocycles. The van der Waals surface area contributed by atoms with Crippen molar-refractivity contribution in [3.8, 4) is 16.9 Å². The van der Waals surface area contributed by atoms with Crippen LogP contribution in [0.4, 0.5) is 8.78 Å². The van der Waals surface area contributed by atoms with Gasteiger partial charge in [-0.1, -0.05) is 0 Å². The van der Waals surface area contributed by atoms with Crippen LogP contribution in [0.3, 0.4) is 0 Å². The molecule has 1 aliphatic rings. The smallest absolute Gasteiger partial charge is 0.243 e. The molecule has 8 heteroatoms. The number of rotatable bonds is 5. The minimum atomic E-state index is -3.68. The van der Waals surface area contributed by atoms with Crippen molar-refractivity contribution in [2.45, 2.75) is 17.4 Å². The van der Waals surface area contributed by atoms with Crippen molar-refractivity contribution in [1.29, 1.82) is 0 Å². The Labute approximate surface area is 158 Å². The van der Waals surface area contributed by atoms with Crippen molar-refractivity contribution >= 4 is 10.0 Å². The molecule has 1 heterocycles. The van der Waals surface area contributed by atoms with Crippen molar-refractivity contribution < 1.29 is 21.9 Å². The number of benzene rings is 2. The Balaban J connectivity index is 1.97. The highest BCUT2D eigenvalue weighted by Gasteiger charge is 2.33. The monoisotopic (exact) mass is 396 g/mol. The summed E-state index contributed by atoms with van der Waals surface area (Å²) in [6.45, 7) is 0.869. The first kappa shape index (κ1) is 19.7. The number of methoxy groups -OCH3 is 1. The molecule has 0 aromatic heterocycles. The van der Waals surface area contributed by atoms with Gasteiger partial charge in [0.2, 0.25) is 10.0 Å². The van der Waals surface area contributed by atoms with Crippen LogP contribution in [0.2, 0.25) is 0 Å². The predicted molar refractivity (Wildman–Crippen MR) is 99.2 cm³/mol. The number of sulfonamides is 1. The van der Waals surface area contributed by atoms with Gasteiger partial charge in [0.05, 0.1) is 12.0 Å². The zero-order valence-electron chi connectivity index (χ0n) is 15.4. The fourth-order valence-electron chi connectivity index (χ4n) is 3.26. The van der Waals surface area contributed by atoms with Crippen molar-refractivity contribution in [1.82, 2.24) is 9.21 Å². The highest BCUT2D eigenvalue weighted by Crippen LogP contribution is 2.35. The fraction of sp³-hybridized carbons (Fsp3) is 0.368. The molecular formula is C19H22F2N2O3S. The van der Waals surface area contributed by atoms with Crippen LogP contribution in [-0.2, 0) is 10.0 Å². The topological polar surface area (TPSA) is 49.9 Å². The van der Waals surface area contributed by atoms with Crippen LogP contribution in [-0.4, -0.2) is 58.0 Å². The van der Waals surface area contributed by atoms with Crippen molar-refractivity contribution in [2.75, 3.05) is 34.3 Å². The first-order valence-corrected chi connectivity index (χ1v) is 9.98. The molecule has 146 valence electrons. The third-order valence-electron chi connectivity index (χ3n) is 4.89. The van der Waals surface area contributed by atoms with E-state index in [4.69, 9.17) is 4.74 Å². The summed E-state index contributed by atoms with van der Waals surface area (Å²) in [4.78, 5) is 2.10. The highest BCUT2D eigenvalue weighted by molar-refractivity contribution is 7.89. The predicted octanol–water partition coefficient (Wildman–Crippen LogP) is 2.97. The molecule has 0 spiro atoms. The molecule has 1 unspecified atom stereocenters. The highest BCUT2D eigenvalue weighted by atomic mass is 32.2. The number of nitrogens with zero attached hydrogens (tertiary/aromatic N) is 2. The summed E-state index contributed by atoms with van der Waals surface area (Å²) in [5.41, 5.74) is 0.507. The summed E-state index contributed by atoms with van der Waals surface area (Å²) in [5, 5.41) is 0. The largest absolute Gasteiger partial charge is 0.496 e. The molecule has 0 N–H and O–H groups in total. The number of halogens is 2. The third kappa shape index (κ3) is 3.83. The SMILES string of the molecule is COc1cc(S(=O)(=O)N2CCC(N(C)C)C2)ccc1-c1ccc(F)cc1F. The van der Waals surface area contributed by atoms with Crippen LogP contribution in [0, 0.1) is 11.6 Å². The average Bonchev–Trinajstić information content (AvgIpc) is 3.12. The van der Waals surface area contributed by atoms with Gasteiger partial charge in [-0.25, -0.2) is 17.2 Å². The van der Waals surface area contributed by atoms with Crippen molar-refractivity contribution in [3.63, 3.8) is 0 Å². The molecule has 0 bridgehead atoms. The summed E-state index contributed by atoms with van der Waals surface area (Å²) in [6, 6.07) is 7.71. The van der Waals surface area contributed by atoms with Crippen molar-refractivity contribution in [3.05, 3.63) is 48.0 Å². The Morgan fingerprint density at radius 3 is 2.41 bits per heavy atom. The van der Waals surface area contributed by atoms with Gasteiger partial charge in [-0.05, 0) is 44.8 Å². The summed E-state index contributed by atoms with van der Waals surface area (Å²) >= 11 is 0. The summed E-state index contributed by atoms with van der Waals surface area (Å²) in [7, 11) is 1.56. The Morgan fingerprint density at radius 2 is 1.81 bits per heavy atom. The second-order valence-electron chi connectivity index (χ2n) is 6.76. The lowest BCUT2D eigenvalue weighted by Gasteiger charge is -2.21. The molecule has 2 aromatic rings. The maximum atomic E-state index is 14.1. The number of hydrogen-bond acceptors (Lipinski definition) is 4. The van der Waals surface area contributed by atoms with Gasteiger partial charge in [0, 0.05) is 42.4 Å². The van der Waals surface area contributed by atoms with E-state index in [-0.39, 0.29) is 22.3 Å². The second-order valence-corrected chi connectivity index (χ2v) is 8.69. The summed E-state index contributed by atoms with van der Waals surface area (Å²) in [6.07, 6.45) is 0.766. The quantitative estimate of drug-likeness (QED) is 0.780. The zero-order valence-corrected chi connectivity index (χ0v) is 16.3. The number of ether oxygens (including phenoxy) is 1. The Kier molecular flexibility index (Phi) is 5.50. The lowest BCUT2D eigenvalue weighted by Crippen LogP contribution is -2.34. The van der Waals surface area contributed by atoms with Gasteiger partial charge in [-0.3, -0.25) is 0 Å². The van der Waals surface area contributed by atoms with Gasteiger partial charge in [-0.2, -0.15) is 4.31 Å². The van der Waals surface area contributed by atoms with E-state index in [0.29, 0.717) is 18.7 Å². The fourth-order valence-corrected chi connectivity index (χ4v) is 4.77. The lowest BCUT2D eigenvalue weighted by molar-refractivity contribution is 0.302. The summed E-state index contributed by atoms with van der Waals surface area (Å²) < 4.78 is 59.9. The molecule has 0 saturated carbocycles. The number of hydrogen-bond donors (Lipinski definition) is 0. The zero-order chi connectivity index (χ0) is 19.8. The van der Waals surface area contributed by atoms with E-state index in [2.05, 4.69) is 0 Å². The second kappa shape index (κ2) is 7.53. The van der Waals surface area contributed by atoms with Crippen LogP contribution < -0.4 is 4.74 Å². The van der Waals surface area contributed by atoms with Crippen LogP contribution in [0.15, 0.2) is 41.3 Å². The molecule has 1 atom stereocenters. The van der Waals surface area contributed by atoms with E-state index in [1.54, 1.807) is 0 Å². The third-order valence-corrected chi connectivity index (χ3v) is 6.75. The van der Waals surface area contributed by atoms with Crippen LogP contribution in [0.1, 0.15) is 6.42 Å². The minimum Gasteiger partial charge on any atom is -0.496 e. The van der Waals surface area contributed by atoms with E-state index < -0.39 is 21.7 Å². The maximum absolute atomic E-state index is 14.1. The van der Waals surface area contributed by atoms with Gasteiger partial charge >= 0.3 is 0 Å². The van der Waals surface area contributed by atoms with Crippen LogP contribution in [0.25, 0.3) is 11.1 Å². The van der Waals surface area contributed by atoms with Gasteiger partial charge < -0.3 is 9.64 Å². The average molecular weight is 396 g/mol. The first-order valence-electron chi connectivity index (χ1n) is 8.54. The molecule has 0 amide bonds. The minimum absolute atomic E-state index is 0.0880. The van der Waals surface area contributed by atoms with Gasteiger partial charge in [0.25, 0.3) is 0 Å². The Morgan fingerprint density at radius 1 is 1.11 bits per heavy atom. The van der Waals surface area contributed by atoms with E-state index >= 15 is 0 Å². The lowest BCUT2D eigenvalue weighted by atomic mass is 10.0. The summed E-state index contributed by atoms with van der Waals surface area (Å²) in [5.74, 6) is -1.21. The normalized spacial score (nSPS) is 18.2. The molecule has 3 rings (SSSR count). The molecule has 27 heavy (non-hydrogen) atoms. The molecule has 2 aromatic carbocycles. The molecule has 1 saturated heterocycles. The Bertz CT molecular complexity index is 948. The van der Waals surface area contributed by atoms with E-state index in [1.807, 2.05) is 19.0 Å². The molecule has 0 aliphatic carbocycles. The molecular weight excluding hydrogens is 374 g/mol. The number of likely N-dealkylation sites (N-methyl/N-ethyl adjacent to an activating group) is 1. The first-order chi connectivity index (χ1) is 12.7. The van der Waals surface area contributed by atoms with E-state index in [1.165, 1.54) is 35.7 Å². The van der Waals surface area contributed by atoms with Gasteiger partial charge in [0.1, 0.15) is 17.4 Å². The molecule has 5 nitrogen and oxygen atoms in total. The Hall–Kier alpha value is -2.03. The molecule has 1 fully saturated rings. The van der Waals surface area contributed by atoms with Gasteiger partial charge in [-0.15, -0.1) is 0 Å². The molecule has 0 radical (unpaired) electrons. The van der Waals surface area contributed by atoms with Crippen LogP contribution >= 0.6 is 0 Å². The van der Waals surface area contributed by atoms with E-state index in [9.17, 15) is 17.2 Å².